The van der Waals surface area contributed by atoms with Gasteiger partial charge in [0, 0.05) is 5.69 Å². The van der Waals surface area contributed by atoms with E-state index in [0.29, 0.717) is 11.3 Å². The zero-order valence-corrected chi connectivity index (χ0v) is 14.4. The fourth-order valence-corrected chi connectivity index (χ4v) is 2.55. The van der Waals surface area contributed by atoms with Crippen LogP contribution in [0.25, 0.3) is 11.1 Å². The molecule has 0 radical (unpaired) electrons. The van der Waals surface area contributed by atoms with Gasteiger partial charge in [0.1, 0.15) is 5.75 Å². The van der Waals surface area contributed by atoms with Crippen molar-refractivity contribution in [2.24, 2.45) is 0 Å². The predicted octanol–water partition coefficient (Wildman–Crippen LogP) is 4.55. The summed E-state index contributed by atoms with van der Waals surface area (Å²) in [6, 6.07) is 24.6. The fourth-order valence-electron chi connectivity index (χ4n) is 2.55. The number of ether oxygens (including phenoxy) is 1. The maximum atomic E-state index is 12.0. The Balaban J connectivity index is 1.57. The lowest BCUT2D eigenvalue weighted by atomic mass is 10.0. The van der Waals surface area contributed by atoms with Crippen molar-refractivity contribution in [3.05, 3.63) is 83.9 Å². The summed E-state index contributed by atoms with van der Waals surface area (Å²) in [6.45, 7) is 1.92. The molecular formula is C22H18N2O2. The number of aryl methyl sites for hydroxylation is 1. The molecule has 0 aliphatic rings. The van der Waals surface area contributed by atoms with E-state index in [4.69, 9.17) is 10.00 Å². The largest absolute Gasteiger partial charge is 0.484 e. The van der Waals surface area contributed by atoms with Gasteiger partial charge in [-0.25, -0.2) is 0 Å². The minimum Gasteiger partial charge on any atom is -0.484 e. The zero-order valence-electron chi connectivity index (χ0n) is 14.4. The molecule has 1 amide bonds. The molecule has 0 aliphatic carbocycles. The van der Waals surface area contributed by atoms with E-state index in [2.05, 4.69) is 11.4 Å². The van der Waals surface area contributed by atoms with Crippen molar-refractivity contribution in [2.75, 3.05) is 11.9 Å². The molecule has 1 N–H and O–H groups in total. The molecule has 0 saturated heterocycles. The summed E-state index contributed by atoms with van der Waals surface area (Å²) in [5, 5.41) is 11.7. The Bertz CT molecular complexity index is 939. The number of carbonyl (C=O) groups excluding carboxylic acids is 1. The molecule has 0 atom stereocenters. The van der Waals surface area contributed by atoms with Crippen molar-refractivity contribution in [3.63, 3.8) is 0 Å². The van der Waals surface area contributed by atoms with Crippen LogP contribution in [-0.2, 0) is 4.79 Å². The number of hydrogen-bond donors (Lipinski definition) is 1. The first kappa shape index (κ1) is 17.2. The molecule has 3 rings (SSSR count). The molecule has 0 unspecified atom stereocenters. The van der Waals surface area contributed by atoms with Crippen molar-refractivity contribution >= 4 is 11.6 Å². The van der Waals surface area contributed by atoms with Gasteiger partial charge >= 0.3 is 0 Å². The molecule has 0 heterocycles. The topological polar surface area (TPSA) is 62.1 Å². The van der Waals surface area contributed by atoms with E-state index < -0.39 is 0 Å². The fraction of sp³-hybridized carbons (Fsp3) is 0.0909. The van der Waals surface area contributed by atoms with Crippen molar-refractivity contribution in [3.8, 4) is 22.9 Å². The first-order valence-electron chi connectivity index (χ1n) is 8.24. The number of hydrogen-bond acceptors (Lipinski definition) is 3. The van der Waals surface area contributed by atoms with Crippen LogP contribution in [0.3, 0.4) is 0 Å². The van der Waals surface area contributed by atoms with E-state index in [9.17, 15) is 4.79 Å². The Kier molecular flexibility index (Phi) is 5.31. The quantitative estimate of drug-likeness (QED) is 0.740. The molecule has 4 nitrogen and oxygen atoms in total. The molecule has 0 bridgehead atoms. The first-order chi connectivity index (χ1) is 12.6. The number of carbonyl (C=O) groups is 1. The van der Waals surface area contributed by atoms with E-state index in [1.165, 1.54) is 0 Å². The van der Waals surface area contributed by atoms with Gasteiger partial charge in [-0.15, -0.1) is 0 Å². The molecule has 0 aromatic heterocycles. The molecular weight excluding hydrogens is 324 g/mol. The second kappa shape index (κ2) is 8.00. The molecule has 26 heavy (non-hydrogen) atoms. The highest BCUT2D eigenvalue weighted by Gasteiger charge is 2.05. The Hall–Kier alpha value is -3.58. The zero-order chi connectivity index (χ0) is 18.4. The number of rotatable bonds is 5. The molecule has 0 spiro atoms. The van der Waals surface area contributed by atoms with Crippen molar-refractivity contribution < 1.29 is 9.53 Å². The number of amides is 1. The van der Waals surface area contributed by atoms with Gasteiger partial charge in [0.2, 0.25) is 0 Å². The average molecular weight is 342 g/mol. The third-order valence-electron chi connectivity index (χ3n) is 3.87. The Morgan fingerprint density at radius 1 is 1.00 bits per heavy atom. The summed E-state index contributed by atoms with van der Waals surface area (Å²) in [7, 11) is 0. The molecule has 0 saturated carbocycles. The highest BCUT2D eigenvalue weighted by atomic mass is 16.5. The van der Waals surface area contributed by atoms with E-state index in [0.717, 1.165) is 22.4 Å². The number of nitriles is 1. The Labute approximate surface area is 152 Å². The number of anilines is 1. The van der Waals surface area contributed by atoms with Gasteiger partial charge in [-0.3, -0.25) is 4.79 Å². The third kappa shape index (κ3) is 4.49. The predicted molar refractivity (Wildman–Crippen MR) is 102 cm³/mol. The number of benzene rings is 3. The number of nitrogens with one attached hydrogen (secondary N) is 1. The molecule has 3 aromatic carbocycles. The third-order valence-corrected chi connectivity index (χ3v) is 3.87. The van der Waals surface area contributed by atoms with E-state index in [1.54, 1.807) is 12.1 Å². The number of nitrogens with zero attached hydrogens (tertiary/aromatic N) is 1. The van der Waals surface area contributed by atoms with Gasteiger partial charge < -0.3 is 10.1 Å². The average Bonchev–Trinajstić information content (AvgIpc) is 2.67. The SMILES string of the molecule is Cc1cccc(NC(=O)COc2ccc(-c3ccc(C#N)cc3)cc2)c1. The lowest BCUT2D eigenvalue weighted by Crippen LogP contribution is -2.20. The summed E-state index contributed by atoms with van der Waals surface area (Å²) < 4.78 is 5.54. The van der Waals surface area contributed by atoms with Crippen LogP contribution < -0.4 is 10.1 Å². The van der Waals surface area contributed by atoms with Crippen LogP contribution in [-0.4, -0.2) is 12.5 Å². The lowest BCUT2D eigenvalue weighted by molar-refractivity contribution is -0.118. The van der Waals surface area contributed by atoms with Crippen molar-refractivity contribution in [1.82, 2.24) is 0 Å². The minimum atomic E-state index is -0.202. The van der Waals surface area contributed by atoms with Crippen LogP contribution in [0, 0.1) is 18.3 Å². The lowest BCUT2D eigenvalue weighted by Gasteiger charge is -2.09. The summed E-state index contributed by atoms with van der Waals surface area (Å²) >= 11 is 0. The summed E-state index contributed by atoms with van der Waals surface area (Å²) in [6.07, 6.45) is 0. The molecule has 0 fully saturated rings. The monoisotopic (exact) mass is 342 g/mol. The highest BCUT2D eigenvalue weighted by molar-refractivity contribution is 5.91. The highest BCUT2D eigenvalue weighted by Crippen LogP contribution is 2.22. The Morgan fingerprint density at radius 2 is 1.65 bits per heavy atom. The van der Waals surface area contributed by atoms with Crippen LogP contribution in [0.4, 0.5) is 5.69 Å². The van der Waals surface area contributed by atoms with Gasteiger partial charge in [-0.1, -0.05) is 36.4 Å². The maximum absolute atomic E-state index is 12.0. The van der Waals surface area contributed by atoms with Gasteiger partial charge in [0.05, 0.1) is 11.6 Å². The van der Waals surface area contributed by atoms with Crippen molar-refractivity contribution in [1.29, 1.82) is 5.26 Å². The summed E-state index contributed by atoms with van der Waals surface area (Å²) in [5.41, 5.74) is 4.52. The second-order valence-electron chi connectivity index (χ2n) is 5.92. The summed E-state index contributed by atoms with van der Waals surface area (Å²) in [4.78, 5) is 12.0. The van der Waals surface area contributed by atoms with Crippen molar-refractivity contribution in [2.45, 2.75) is 6.92 Å². The standard InChI is InChI=1S/C22H18N2O2/c1-16-3-2-4-20(13-16)24-22(25)15-26-21-11-9-19(10-12-21)18-7-5-17(14-23)6-8-18/h2-13H,15H2,1H3,(H,24,25). The molecule has 128 valence electrons. The second-order valence-corrected chi connectivity index (χ2v) is 5.92. The summed E-state index contributed by atoms with van der Waals surface area (Å²) in [5.74, 6) is 0.425. The minimum absolute atomic E-state index is 0.0514. The van der Waals surface area contributed by atoms with Crippen LogP contribution in [0.5, 0.6) is 5.75 Å². The van der Waals surface area contributed by atoms with Gasteiger partial charge in [0.15, 0.2) is 6.61 Å². The molecule has 0 aliphatic heterocycles. The van der Waals surface area contributed by atoms with E-state index >= 15 is 0 Å². The normalized spacial score (nSPS) is 10.0. The molecule has 4 heteroatoms. The van der Waals surface area contributed by atoms with Crippen LogP contribution in [0.2, 0.25) is 0 Å². The van der Waals surface area contributed by atoms with Gasteiger partial charge in [0.25, 0.3) is 5.91 Å². The van der Waals surface area contributed by atoms with Crippen LogP contribution in [0.1, 0.15) is 11.1 Å². The first-order valence-corrected chi connectivity index (χ1v) is 8.24. The maximum Gasteiger partial charge on any atom is 0.262 e. The van der Waals surface area contributed by atoms with Crippen LogP contribution >= 0.6 is 0 Å². The van der Waals surface area contributed by atoms with Gasteiger partial charge in [-0.2, -0.15) is 5.26 Å². The van der Waals surface area contributed by atoms with Crippen LogP contribution in [0.15, 0.2) is 72.8 Å². The van der Waals surface area contributed by atoms with E-state index in [-0.39, 0.29) is 12.5 Å². The smallest absolute Gasteiger partial charge is 0.262 e. The Morgan fingerprint density at radius 3 is 2.27 bits per heavy atom. The van der Waals surface area contributed by atoms with Gasteiger partial charge in [-0.05, 0) is 60.0 Å². The molecule has 3 aromatic rings. The van der Waals surface area contributed by atoms with E-state index in [1.807, 2.05) is 67.6 Å².